The lowest BCUT2D eigenvalue weighted by atomic mass is 10.1. The van der Waals surface area contributed by atoms with Gasteiger partial charge in [-0.05, 0) is 41.7 Å². The summed E-state index contributed by atoms with van der Waals surface area (Å²) in [5, 5.41) is 3.05. The highest BCUT2D eigenvalue weighted by Crippen LogP contribution is 2.13. The lowest BCUT2D eigenvalue weighted by Crippen LogP contribution is -2.32. The normalized spacial score (nSPS) is 10.8. The number of nitrogens with one attached hydrogen (secondary N) is 1. The smallest absolute Gasteiger partial charge is 0.238 e. The summed E-state index contributed by atoms with van der Waals surface area (Å²) in [5.41, 5.74) is 4.59. The van der Waals surface area contributed by atoms with Crippen LogP contribution in [0.3, 0.4) is 0 Å². The van der Waals surface area contributed by atoms with E-state index in [2.05, 4.69) is 53.5 Å². The second kappa shape index (κ2) is 11.2. The summed E-state index contributed by atoms with van der Waals surface area (Å²) in [6, 6.07) is 28.8. The number of rotatable bonds is 10. The molecule has 0 unspecified atom stereocenters. The average Bonchev–Trinajstić information content (AvgIpc) is 2.74. The molecule has 1 amide bonds. The molecule has 150 valence electrons. The maximum absolute atomic E-state index is 12.7. The van der Waals surface area contributed by atoms with Crippen LogP contribution in [0.2, 0.25) is 0 Å². The lowest BCUT2D eigenvalue weighted by Gasteiger charge is -2.22. The number of benzene rings is 3. The topological polar surface area (TPSA) is 32.3 Å². The van der Waals surface area contributed by atoms with Crippen molar-refractivity contribution < 1.29 is 4.79 Å². The van der Waals surface area contributed by atoms with Gasteiger partial charge in [-0.1, -0.05) is 86.1 Å². The highest BCUT2D eigenvalue weighted by atomic mass is 16.2. The second-order valence-electron chi connectivity index (χ2n) is 7.47. The van der Waals surface area contributed by atoms with E-state index in [4.69, 9.17) is 0 Å². The molecule has 3 nitrogen and oxygen atoms in total. The van der Waals surface area contributed by atoms with Gasteiger partial charge in [-0.25, -0.2) is 0 Å². The molecule has 3 aromatic carbocycles. The Bertz CT molecular complexity index is 819. The predicted molar refractivity (Wildman–Crippen MR) is 121 cm³/mol. The zero-order valence-corrected chi connectivity index (χ0v) is 17.2. The molecule has 0 spiro atoms. The number of carbonyl (C=O) groups is 1. The first kappa shape index (κ1) is 20.8. The van der Waals surface area contributed by atoms with Gasteiger partial charge in [0.05, 0.1) is 6.54 Å². The van der Waals surface area contributed by atoms with Crippen LogP contribution >= 0.6 is 0 Å². The number of aryl methyl sites for hydroxylation is 1. The van der Waals surface area contributed by atoms with Gasteiger partial charge >= 0.3 is 0 Å². The van der Waals surface area contributed by atoms with Gasteiger partial charge in [-0.2, -0.15) is 0 Å². The van der Waals surface area contributed by atoms with Crippen molar-refractivity contribution in [2.75, 3.05) is 11.9 Å². The monoisotopic (exact) mass is 386 g/mol. The Morgan fingerprint density at radius 3 is 1.83 bits per heavy atom. The molecule has 0 bridgehead atoms. The van der Waals surface area contributed by atoms with Crippen LogP contribution in [-0.4, -0.2) is 17.4 Å². The van der Waals surface area contributed by atoms with Crippen LogP contribution in [0.1, 0.15) is 36.5 Å². The first-order chi connectivity index (χ1) is 14.2. The van der Waals surface area contributed by atoms with Crippen molar-refractivity contribution in [3.63, 3.8) is 0 Å². The summed E-state index contributed by atoms with van der Waals surface area (Å²) in [5.74, 6) is 0.0122. The van der Waals surface area contributed by atoms with Crippen molar-refractivity contribution in [1.82, 2.24) is 4.90 Å². The van der Waals surface area contributed by atoms with Crippen molar-refractivity contribution in [3.05, 3.63) is 102 Å². The minimum absolute atomic E-state index is 0.0122. The molecule has 0 aliphatic heterocycles. The molecule has 0 radical (unpaired) electrons. The molecule has 0 aliphatic carbocycles. The Morgan fingerprint density at radius 2 is 1.31 bits per heavy atom. The fourth-order valence-electron chi connectivity index (χ4n) is 3.39. The zero-order valence-electron chi connectivity index (χ0n) is 17.2. The zero-order chi connectivity index (χ0) is 20.3. The van der Waals surface area contributed by atoms with Gasteiger partial charge < -0.3 is 5.32 Å². The second-order valence-corrected chi connectivity index (χ2v) is 7.47. The summed E-state index contributed by atoms with van der Waals surface area (Å²) in [7, 11) is 0. The molecule has 1 N–H and O–H groups in total. The Labute approximate surface area is 174 Å². The minimum Gasteiger partial charge on any atom is -0.325 e. The van der Waals surface area contributed by atoms with E-state index in [1.165, 1.54) is 29.5 Å². The summed E-state index contributed by atoms with van der Waals surface area (Å²) in [6.45, 7) is 4.02. The van der Waals surface area contributed by atoms with Crippen LogP contribution in [0.4, 0.5) is 5.69 Å². The van der Waals surface area contributed by atoms with Gasteiger partial charge in [0, 0.05) is 18.8 Å². The van der Waals surface area contributed by atoms with Gasteiger partial charge in [0.25, 0.3) is 0 Å². The van der Waals surface area contributed by atoms with Crippen LogP contribution in [0, 0.1) is 0 Å². The molecular formula is C26H30N2O. The summed E-state index contributed by atoms with van der Waals surface area (Å²) in [6.07, 6.45) is 3.48. The standard InChI is InChI=1S/C26H30N2O/c1-2-3-10-22-15-17-25(18-16-22)27-26(29)21-28(19-23-11-6-4-7-12-23)20-24-13-8-5-9-14-24/h4-9,11-18H,2-3,10,19-21H2,1H3,(H,27,29). The van der Waals surface area contributed by atoms with Gasteiger partial charge in [-0.3, -0.25) is 9.69 Å². The third kappa shape index (κ3) is 7.20. The SMILES string of the molecule is CCCCc1ccc(NC(=O)CN(Cc2ccccc2)Cc2ccccc2)cc1. The van der Waals surface area contributed by atoms with E-state index in [0.29, 0.717) is 6.54 Å². The fourth-order valence-corrected chi connectivity index (χ4v) is 3.39. The third-order valence-corrected chi connectivity index (χ3v) is 4.92. The Balaban J connectivity index is 1.62. The minimum atomic E-state index is 0.0122. The molecule has 0 saturated heterocycles. The number of amides is 1. The maximum Gasteiger partial charge on any atom is 0.238 e. The van der Waals surface area contributed by atoms with Crippen LogP contribution in [0.25, 0.3) is 0 Å². The van der Waals surface area contributed by atoms with E-state index in [1.807, 2.05) is 48.5 Å². The molecule has 3 heteroatoms. The number of hydrogen-bond donors (Lipinski definition) is 1. The van der Waals surface area contributed by atoms with E-state index >= 15 is 0 Å². The highest BCUT2D eigenvalue weighted by Gasteiger charge is 2.12. The number of unbranched alkanes of at least 4 members (excludes halogenated alkanes) is 1. The number of anilines is 1. The Morgan fingerprint density at radius 1 is 0.759 bits per heavy atom. The van der Waals surface area contributed by atoms with Gasteiger partial charge in [0.15, 0.2) is 0 Å². The first-order valence-electron chi connectivity index (χ1n) is 10.4. The molecule has 3 aromatic rings. The van der Waals surface area contributed by atoms with Gasteiger partial charge in [-0.15, -0.1) is 0 Å². The lowest BCUT2D eigenvalue weighted by molar-refractivity contribution is -0.117. The molecule has 0 atom stereocenters. The highest BCUT2D eigenvalue weighted by molar-refractivity contribution is 5.92. The van der Waals surface area contributed by atoms with Crippen LogP contribution in [0.5, 0.6) is 0 Å². The number of nitrogens with zero attached hydrogens (tertiary/aromatic N) is 1. The van der Waals surface area contributed by atoms with Crippen molar-refractivity contribution >= 4 is 11.6 Å². The van der Waals surface area contributed by atoms with Gasteiger partial charge in [0.1, 0.15) is 0 Å². The molecule has 0 fully saturated rings. The summed E-state index contributed by atoms with van der Waals surface area (Å²) < 4.78 is 0. The van der Waals surface area contributed by atoms with E-state index in [-0.39, 0.29) is 5.91 Å². The number of carbonyl (C=O) groups excluding carboxylic acids is 1. The van der Waals surface area contributed by atoms with E-state index < -0.39 is 0 Å². The third-order valence-electron chi connectivity index (χ3n) is 4.92. The van der Waals surface area contributed by atoms with Crippen molar-refractivity contribution in [1.29, 1.82) is 0 Å². The van der Waals surface area contributed by atoms with E-state index in [9.17, 15) is 4.79 Å². The predicted octanol–water partition coefficient (Wildman–Crippen LogP) is 5.67. The van der Waals surface area contributed by atoms with Crippen LogP contribution in [0.15, 0.2) is 84.9 Å². The average molecular weight is 387 g/mol. The largest absolute Gasteiger partial charge is 0.325 e. The summed E-state index contributed by atoms with van der Waals surface area (Å²) >= 11 is 0. The molecule has 0 aliphatic rings. The van der Waals surface area contributed by atoms with Crippen LogP contribution in [-0.2, 0) is 24.3 Å². The molecule has 0 heterocycles. The quantitative estimate of drug-likeness (QED) is 0.487. The van der Waals surface area contributed by atoms with Crippen molar-refractivity contribution in [3.8, 4) is 0 Å². The van der Waals surface area contributed by atoms with E-state index in [0.717, 1.165) is 25.2 Å². The molecule has 3 rings (SSSR count). The maximum atomic E-state index is 12.7. The summed E-state index contributed by atoms with van der Waals surface area (Å²) in [4.78, 5) is 14.9. The van der Waals surface area contributed by atoms with Crippen molar-refractivity contribution in [2.24, 2.45) is 0 Å². The molecule has 0 aromatic heterocycles. The van der Waals surface area contributed by atoms with Crippen LogP contribution < -0.4 is 5.32 Å². The fraction of sp³-hybridized carbons (Fsp3) is 0.269. The Hall–Kier alpha value is -2.91. The molecule has 0 saturated carbocycles. The van der Waals surface area contributed by atoms with Crippen molar-refractivity contribution in [2.45, 2.75) is 39.3 Å². The Kier molecular flexibility index (Phi) is 8.02. The first-order valence-corrected chi connectivity index (χ1v) is 10.4. The van der Waals surface area contributed by atoms with E-state index in [1.54, 1.807) is 0 Å². The van der Waals surface area contributed by atoms with Gasteiger partial charge in [0.2, 0.25) is 5.91 Å². The molecule has 29 heavy (non-hydrogen) atoms. The molecular weight excluding hydrogens is 356 g/mol. The number of hydrogen-bond acceptors (Lipinski definition) is 2.